The molecule has 56 valence electrons. The molecule has 0 spiro atoms. The standard InChI is InChI=1S/C7H13N3/c1-9-5-7-3-2-4-10(7)6-8/h7,9H,2-5H2,1H3. The van der Waals surface area contributed by atoms with E-state index in [1.54, 1.807) is 0 Å². The second kappa shape index (κ2) is 3.43. The fourth-order valence-electron chi connectivity index (χ4n) is 1.42. The van der Waals surface area contributed by atoms with Crippen molar-refractivity contribution in [2.45, 2.75) is 18.9 Å². The number of nitrogens with one attached hydrogen (secondary N) is 1. The van der Waals surface area contributed by atoms with Gasteiger partial charge < -0.3 is 10.2 Å². The van der Waals surface area contributed by atoms with Crippen LogP contribution in [0, 0.1) is 11.5 Å². The van der Waals surface area contributed by atoms with Crippen LogP contribution in [0.5, 0.6) is 0 Å². The van der Waals surface area contributed by atoms with Crippen molar-refractivity contribution in [3.8, 4) is 6.19 Å². The Kier molecular flexibility index (Phi) is 2.52. The maximum atomic E-state index is 8.61. The molecule has 1 aliphatic rings. The molecule has 0 saturated carbocycles. The van der Waals surface area contributed by atoms with E-state index >= 15 is 0 Å². The number of likely N-dealkylation sites (tertiary alicyclic amines) is 1. The largest absolute Gasteiger partial charge is 0.318 e. The van der Waals surface area contributed by atoms with E-state index in [1.807, 2.05) is 11.9 Å². The third-order valence-corrected chi connectivity index (χ3v) is 1.95. The van der Waals surface area contributed by atoms with E-state index in [2.05, 4.69) is 11.5 Å². The van der Waals surface area contributed by atoms with E-state index in [9.17, 15) is 0 Å². The Hall–Kier alpha value is -0.750. The lowest BCUT2D eigenvalue weighted by Crippen LogP contribution is -2.33. The SMILES string of the molecule is CNCC1CCCN1C#N. The maximum absolute atomic E-state index is 8.61. The molecule has 3 nitrogen and oxygen atoms in total. The summed E-state index contributed by atoms with van der Waals surface area (Å²) in [6.45, 7) is 1.89. The maximum Gasteiger partial charge on any atom is 0.179 e. The summed E-state index contributed by atoms with van der Waals surface area (Å²) in [5.41, 5.74) is 0. The predicted molar refractivity (Wildman–Crippen MR) is 39.3 cm³/mol. The predicted octanol–water partition coefficient (Wildman–Crippen LogP) is 0.151. The Balaban J connectivity index is 2.36. The van der Waals surface area contributed by atoms with Gasteiger partial charge in [0.15, 0.2) is 6.19 Å². The Bertz CT molecular complexity index is 138. The normalized spacial score (nSPS) is 24.8. The van der Waals surface area contributed by atoms with Crippen molar-refractivity contribution in [3.05, 3.63) is 0 Å². The van der Waals surface area contributed by atoms with Crippen molar-refractivity contribution in [3.63, 3.8) is 0 Å². The fourth-order valence-corrected chi connectivity index (χ4v) is 1.42. The van der Waals surface area contributed by atoms with E-state index in [-0.39, 0.29) is 0 Å². The van der Waals surface area contributed by atoms with E-state index in [1.165, 1.54) is 6.42 Å². The lowest BCUT2D eigenvalue weighted by atomic mass is 10.2. The van der Waals surface area contributed by atoms with Crippen molar-refractivity contribution >= 4 is 0 Å². The molecule has 0 amide bonds. The molecule has 0 bridgehead atoms. The van der Waals surface area contributed by atoms with E-state index < -0.39 is 0 Å². The Morgan fingerprint density at radius 1 is 1.80 bits per heavy atom. The number of rotatable bonds is 2. The lowest BCUT2D eigenvalue weighted by molar-refractivity contribution is 0.356. The van der Waals surface area contributed by atoms with Gasteiger partial charge in [-0.1, -0.05) is 0 Å². The van der Waals surface area contributed by atoms with Crippen molar-refractivity contribution in [2.24, 2.45) is 0 Å². The van der Waals surface area contributed by atoms with Gasteiger partial charge in [0, 0.05) is 13.1 Å². The highest BCUT2D eigenvalue weighted by molar-refractivity contribution is 4.88. The zero-order valence-electron chi connectivity index (χ0n) is 6.30. The van der Waals surface area contributed by atoms with Gasteiger partial charge in [0.05, 0.1) is 6.04 Å². The van der Waals surface area contributed by atoms with E-state index in [4.69, 9.17) is 5.26 Å². The zero-order valence-corrected chi connectivity index (χ0v) is 6.30. The number of likely N-dealkylation sites (N-methyl/N-ethyl adjacent to an activating group) is 1. The van der Waals surface area contributed by atoms with Crippen LogP contribution in [-0.4, -0.2) is 31.1 Å². The molecule has 1 aliphatic heterocycles. The van der Waals surface area contributed by atoms with Gasteiger partial charge in [-0.15, -0.1) is 0 Å². The average molecular weight is 139 g/mol. The van der Waals surface area contributed by atoms with Gasteiger partial charge in [-0.2, -0.15) is 5.26 Å². The first kappa shape index (κ1) is 7.36. The van der Waals surface area contributed by atoms with Gasteiger partial charge >= 0.3 is 0 Å². The van der Waals surface area contributed by atoms with E-state index in [0.29, 0.717) is 6.04 Å². The number of nitriles is 1. The summed E-state index contributed by atoms with van der Waals surface area (Å²) in [6.07, 6.45) is 4.52. The van der Waals surface area contributed by atoms with Gasteiger partial charge in [0.1, 0.15) is 0 Å². The second-order valence-corrected chi connectivity index (χ2v) is 2.65. The zero-order chi connectivity index (χ0) is 7.40. The topological polar surface area (TPSA) is 39.1 Å². The van der Waals surface area contributed by atoms with Gasteiger partial charge in [0.2, 0.25) is 0 Å². The monoisotopic (exact) mass is 139 g/mol. The molecule has 0 aromatic rings. The minimum Gasteiger partial charge on any atom is -0.318 e. The summed E-state index contributed by atoms with van der Waals surface area (Å²) < 4.78 is 0. The van der Waals surface area contributed by atoms with Crippen molar-refractivity contribution in [1.29, 1.82) is 5.26 Å². The molecule has 0 aromatic carbocycles. The summed E-state index contributed by atoms with van der Waals surface area (Å²) in [5.74, 6) is 0. The minimum atomic E-state index is 0.454. The molecule has 1 unspecified atom stereocenters. The van der Waals surface area contributed by atoms with Crippen LogP contribution in [0.15, 0.2) is 0 Å². The van der Waals surface area contributed by atoms with Gasteiger partial charge in [0.25, 0.3) is 0 Å². The molecule has 1 atom stereocenters. The first-order valence-electron chi connectivity index (χ1n) is 3.69. The Labute approximate surface area is 61.6 Å². The molecule has 3 heteroatoms. The molecular weight excluding hydrogens is 126 g/mol. The minimum absolute atomic E-state index is 0.454. The van der Waals surface area contributed by atoms with E-state index in [0.717, 1.165) is 19.5 Å². The highest BCUT2D eigenvalue weighted by atomic mass is 15.2. The van der Waals surface area contributed by atoms with Crippen molar-refractivity contribution in [1.82, 2.24) is 10.2 Å². The molecule has 1 N–H and O–H groups in total. The van der Waals surface area contributed by atoms with Gasteiger partial charge in [-0.3, -0.25) is 0 Å². The summed E-state index contributed by atoms with van der Waals surface area (Å²) in [6, 6.07) is 0.454. The molecule has 1 fully saturated rings. The van der Waals surface area contributed by atoms with Crippen LogP contribution >= 0.6 is 0 Å². The summed E-state index contributed by atoms with van der Waals surface area (Å²) in [4.78, 5) is 1.86. The second-order valence-electron chi connectivity index (χ2n) is 2.65. The Morgan fingerprint density at radius 2 is 2.60 bits per heavy atom. The highest BCUT2D eigenvalue weighted by Crippen LogP contribution is 2.14. The van der Waals surface area contributed by atoms with Gasteiger partial charge in [-0.05, 0) is 19.9 Å². The van der Waals surface area contributed by atoms with Crippen LogP contribution in [-0.2, 0) is 0 Å². The fraction of sp³-hybridized carbons (Fsp3) is 0.857. The smallest absolute Gasteiger partial charge is 0.179 e. The number of nitrogens with zero attached hydrogens (tertiary/aromatic N) is 2. The van der Waals surface area contributed by atoms with Crippen molar-refractivity contribution < 1.29 is 0 Å². The third kappa shape index (κ3) is 1.39. The summed E-state index contributed by atoms with van der Waals surface area (Å²) in [7, 11) is 1.92. The Morgan fingerprint density at radius 3 is 3.20 bits per heavy atom. The first-order chi connectivity index (χ1) is 4.88. The van der Waals surface area contributed by atoms with Gasteiger partial charge in [-0.25, -0.2) is 0 Å². The molecule has 0 aromatic heterocycles. The molecule has 1 rings (SSSR count). The van der Waals surface area contributed by atoms with Crippen LogP contribution < -0.4 is 5.32 Å². The molecule has 10 heavy (non-hydrogen) atoms. The van der Waals surface area contributed by atoms with Crippen LogP contribution in [0.1, 0.15) is 12.8 Å². The summed E-state index contributed by atoms with van der Waals surface area (Å²) >= 11 is 0. The summed E-state index contributed by atoms with van der Waals surface area (Å²) in [5, 5.41) is 11.7. The molecule has 1 heterocycles. The van der Waals surface area contributed by atoms with Crippen LogP contribution in [0.2, 0.25) is 0 Å². The number of hydrogen-bond acceptors (Lipinski definition) is 3. The highest BCUT2D eigenvalue weighted by Gasteiger charge is 2.21. The van der Waals surface area contributed by atoms with Crippen molar-refractivity contribution in [2.75, 3.05) is 20.1 Å². The van der Waals surface area contributed by atoms with Crippen LogP contribution in [0.4, 0.5) is 0 Å². The lowest BCUT2D eigenvalue weighted by Gasteiger charge is -2.16. The van der Waals surface area contributed by atoms with Crippen LogP contribution in [0.25, 0.3) is 0 Å². The molecular formula is C7H13N3. The molecule has 0 aliphatic carbocycles. The molecule has 0 radical (unpaired) electrons. The molecule has 1 saturated heterocycles. The quantitative estimate of drug-likeness (QED) is 0.553. The van der Waals surface area contributed by atoms with Crippen LogP contribution in [0.3, 0.4) is 0 Å². The third-order valence-electron chi connectivity index (χ3n) is 1.95. The average Bonchev–Trinajstić information content (AvgIpc) is 2.36. The number of hydrogen-bond donors (Lipinski definition) is 1. The first-order valence-corrected chi connectivity index (χ1v) is 3.69.